The molecular weight excluding hydrogens is 430 g/mol. The Kier molecular flexibility index (Phi) is 6.77. The van der Waals surface area contributed by atoms with Gasteiger partial charge in [-0.05, 0) is 57.0 Å². The molecule has 0 saturated heterocycles. The van der Waals surface area contributed by atoms with E-state index in [1.165, 1.54) is 4.68 Å². The van der Waals surface area contributed by atoms with Gasteiger partial charge in [-0.15, -0.1) is 0 Å². The topological polar surface area (TPSA) is 91.0 Å². The summed E-state index contributed by atoms with van der Waals surface area (Å²) in [6, 6.07) is 16.5. The number of fused-ring (bicyclic) bond motifs is 1. The lowest BCUT2D eigenvalue weighted by molar-refractivity contribution is -0.125. The fourth-order valence-corrected chi connectivity index (χ4v) is 4.13. The van der Waals surface area contributed by atoms with Crippen LogP contribution >= 0.6 is 0 Å². The number of carbonyl (C=O) groups is 1. The van der Waals surface area contributed by atoms with E-state index in [0.29, 0.717) is 30.8 Å². The second-order valence-corrected chi connectivity index (χ2v) is 8.11. The van der Waals surface area contributed by atoms with E-state index < -0.39 is 6.04 Å². The molecule has 0 unspecified atom stereocenters. The van der Waals surface area contributed by atoms with Crippen molar-refractivity contribution in [3.8, 4) is 11.4 Å². The van der Waals surface area contributed by atoms with Crippen molar-refractivity contribution in [1.82, 2.24) is 24.9 Å². The summed E-state index contributed by atoms with van der Waals surface area (Å²) in [5.41, 5.74) is 3.24. The highest BCUT2D eigenvalue weighted by atomic mass is 16.5. The minimum absolute atomic E-state index is 0.260. The van der Waals surface area contributed by atoms with Gasteiger partial charge < -0.3 is 10.1 Å². The van der Waals surface area contributed by atoms with E-state index in [9.17, 15) is 9.59 Å². The summed E-state index contributed by atoms with van der Waals surface area (Å²) < 4.78 is 8.48. The number of ether oxygens (including phenoxy) is 1. The van der Waals surface area contributed by atoms with Crippen LogP contribution in [0.25, 0.3) is 16.6 Å². The lowest BCUT2D eigenvalue weighted by Crippen LogP contribution is -2.38. The van der Waals surface area contributed by atoms with Crippen LogP contribution in [0.4, 0.5) is 0 Å². The highest BCUT2D eigenvalue weighted by molar-refractivity contribution is 5.84. The van der Waals surface area contributed by atoms with Crippen molar-refractivity contribution < 1.29 is 9.53 Å². The third-order valence-electron chi connectivity index (χ3n) is 5.83. The summed E-state index contributed by atoms with van der Waals surface area (Å²) in [5, 5.41) is 12.8. The molecule has 1 atom stereocenters. The largest absolute Gasteiger partial charge is 0.494 e. The molecule has 0 aliphatic heterocycles. The molecule has 1 amide bonds. The lowest BCUT2D eigenvalue weighted by Gasteiger charge is -2.17. The van der Waals surface area contributed by atoms with Gasteiger partial charge in [0.05, 0.1) is 29.1 Å². The quantitative estimate of drug-likeness (QED) is 0.432. The van der Waals surface area contributed by atoms with Crippen LogP contribution in [0.5, 0.6) is 5.75 Å². The van der Waals surface area contributed by atoms with Crippen LogP contribution in [0.3, 0.4) is 0 Å². The monoisotopic (exact) mass is 459 g/mol. The molecule has 4 aromatic rings. The highest BCUT2D eigenvalue weighted by Crippen LogP contribution is 2.22. The van der Waals surface area contributed by atoms with Crippen molar-refractivity contribution in [2.45, 2.75) is 46.7 Å². The number of aromatic nitrogens is 4. The number of hydrogen-bond donors (Lipinski definition) is 1. The first kappa shape index (κ1) is 23.2. The lowest BCUT2D eigenvalue weighted by atomic mass is 10.1. The van der Waals surface area contributed by atoms with Gasteiger partial charge in [0.1, 0.15) is 11.8 Å². The highest BCUT2D eigenvalue weighted by Gasteiger charge is 2.25. The molecule has 0 aliphatic carbocycles. The van der Waals surface area contributed by atoms with Crippen LogP contribution in [-0.4, -0.2) is 32.1 Å². The second-order valence-electron chi connectivity index (χ2n) is 8.11. The van der Waals surface area contributed by atoms with E-state index in [4.69, 9.17) is 4.74 Å². The first-order chi connectivity index (χ1) is 16.4. The standard InChI is InChI=1S/C26H29N5O3/c1-5-22(25(32)27-16-19-12-14-21(15-13-19)34-6-2)31-26(33)24-23(17(3)28-31)18(4)30(29-24)20-10-8-7-9-11-20/h7-15,22H,5-6,16H2,1-4H3,(H,27,32)/t22-/m1/s1. The normalized spacial score (nSPS) is 12.0. The van der Waals surface area contributed by atoms with E-state index >= 15 is 0 Å². The minimum Gasteiger partial charge on any atom is -0.494 e. The zero-order chi connectivity index (χ0) is 24.2. The number of nitrogens with zero attached hydrogens (tertiary/aromatic N) is 4. The summed E-state index contributed by atoms with van der Waals surface area (Å²) in [6.45, 7) is 8.50. The average molecular weight is 460 g/mol. The number of rotatable bonds is 8. The van der Waals surface area contributed by atoms with Crippen molar-refractivity contribution >= 4 is 16.8 Å². The fraction of sp³-hybridized carbons (Fsp3) is 0.308. The van der Waals surface area contributed by atoms with Gasteiger partial charge in [0.25, 0.3) is 5.56 Å². The van der Waals surface area contributed by atoms with Gasteiger partial charge >= 0.3 is 0 Å². The molecule has 0 saturated carbocycles. The molecule has 2 aromatic carbocycles. The van der Waals surface area contributed by atoms with Crippen LogP contribution in [0.1, 0.15) is 43.3 Å². The summed E-state index contributed by atoms with van der Waals surface area (Å²) in [7, 11) is 0. The van der Waals surface area contributed by atoms with Crippen molar-refractivity contribution in [3.63, 3.8) is 0 Å². The van der Waals surface area contributed by atoms with Gasteiger partial charge in [-0.1, -0.05) is 37.3 Å². The molecule has 8 heteroatoms. The molecule has 0 spiro atoms. The number of aryl methyl sites for hydroxylation is 2. The van der Waals surface area contributed by atoms with E-state index in [0.717, 1.165) is 28.1 Å². The Bertz CT molecular complexity index is 1360. The molecule has 0 bridgehead atoms. The number of para-hydroxylation sites is 1. The minimum atomic E-state index is -0.736. The van der Waals surface area contributed by atoms with Gasteiger partial charge in [-0.25, -0.2) is 9.36 Å². The number of carbonyl (C=O) groups excluding carboxylic acids is 1. The molecular formula is C26H29N5O3. The number of nitrogens with one attached hydrogen (secondary N) is 1. The first-order valence-corrected chi connectivity index (χ1v) is 11.5. The maximum atomic E-state index is 13.4. The van der Waals surface area contributed by atoms with Crippen LogP contribution in [0.15, 0.2) is 59.4 Å². The van der Waals surface area contributed by atoms with E-state index in [-0.39, 0.29) is 11.5 Å². The molecule has 4 rings (SSSR count). The van der Waals surface area contributed by atoms with Crippen LogP contribution in [0.2, 0.25) is 0 Å². The Morgan fingerprint density at radius 3 is 2.38 bits per heavy atom. The second kappa shape index (κ2) is 9.91. The third kappa shape index (κ3) is 4.44. The number of amides is 1. The smallest absolute Gasteiger partial charge is 0.295 e. The Labute approximate surface area is 198 Å². The molecule has 0 fully saturated rings. The van der Waals surface area contributed by atoms with Gasteiger partial charge in [0, 0.05) is 6.54 Å². The van der Waals surface area contributed by atoms with Crippen molar-refractivity contribution in [3.05, 3.63) is 81.9 Å². The summed E-state index contributed by atoms with van der Waals surface area (Å²) >= 11 is 0. The van der Waals surface area contributed by atoms with Crippen molar-refractivity contribution in [2.24, 2.45) is 0 Å². The maximum absolute atomic E-state index is 13.4. The van der Waals surface area contributed by atoms with Crippen molar-refractivity contribution in [1.29, 1.82) is 0 Å². The SMILES string of the molecule is CCOc1ccc(CNC(=O)[C@@H](CC)n2nc(C)c3c(C)n(-c4ccccc4)nc3c2=O)cc1. The average Bonchev–Trinajstić information content (AvgIpc) is 3.21. The van der Waals surface area contributed by atoms with E-state index in [1.807, 2.05) is 82.3 Å². The third-order valence-corrected chi connectivity index (χ3v) is 5.83. The molecule has 8 nitrogen and oxygen atoms in total. The molecule has 1 N–H and O–H groups in total. The Morgan fingerprint density at radius 2 is 1.74 bits per heavy atom. The van der Waals surface area contributed by atoms with E-state index in [1.54, 1.807) is 4.68 Å². The Balaban J connectivity index is 1.62. The summed E-state index contributed by atoms with van der Waals surface area (Å²) in [6.07, 6.45) is 0.422. The van der Waals surface area contributed by atoms with Crippen molar-refractivity contribution in [2.75, 3.05) is 6.61 Å². The van der Waals surface area contributed by atoms with Gasteiger partial charge in [0.2, 0.25) is 5.91 Å². The molecule has 0 aliphatic rings. The molecule has 0 radical (unpaired) electrons. The fourth-order valence-electron chi connectivity index (χ4n) is 4.13. The molecule has 2 aromatic heterocycles. The van der Waals surface area contributed by atoms with E-state index in [2.05, 4.69) is 15.5 Å². The predicted octanol–water partition coefficient (Wildman–Crippen LogP) is 3.87. The Hall–Kier alpha value is -3.94. The van der Waals surface area contributed by atoms with Crippen LogP contribution in [0, 0.1) is 13.8 Å². The number of hydrogen-bond acceptors (Lipinski definition) is 5. The predicted molar refractivity (Wildman–Crippen MR) is 131 cm³/mol. The number of benzene rings is 2. The van der Waals surface area contributed by atoms with Gasteiger partial charge in [0.15, 0.2) is 5.52 Å². The molecule has 176 valence electrons. The molecule has 34 heavy (non-hydrogen) atoms. The first-order valence-electron chi connectivity index (χ1n) is 11.5. The summed E-state index contributed by atoms with van der Waals surface area (Å²) in [5.74, 6) is 0.526. The zero-order valence-corrected chi connectivity index (χ0v) is 19.9. The van der Waals surface area contributed by atoms with Crippen LogP contribution in [-0.2, 0) is 11.3 Å². The van der Waals surface area contributed by atoms with Gasteiger partial charge in [-0.2, -0.15) is 10.2 Å². The summed E-state index contributed by atoms with van der Waals surface area (Å²) in [4.78, 5) is 26.4. The Morgan fingerprint density at radius 1 is 1.03 bits per heavy atom. The van der Waals surface area contributed by atoms with Crippen LogP contribution < -0.4 is 15.6 Å². The zero-order valence-electron chi connectivity index (χ0n) is 19.9. The molecule has 2 heterocycles. The van der Waals surface area contributed by atoms with Gasteiger partial charge in [-0.3, -0.25) is 9.59 Å². The maximum Gasteiger partial charge on any atom is 0.295 e.